The van der Waals surface area contributed by atoms with Crippen molar-refractivity contribution in [3.63, 3.8) is 0 Å². The molecule has 1 heterocycles. The van der Waals surface area contributed by atoms with E-state index in [0.717, 1.165) is 34.1 Å². The summed E-state index contributed by atoms with van der Waals surface area (Å²) in [5, 5.41) is 6.21. The Balaban J connectivity index is 1.50. The molecule has 0 saturated heterocycles. The highest BCUT2D eigenvalue weighted by atomic mass is 35.5. The molecule has 0 spiro atoms. The maximum absolute atomic E-state index is 12.2. The summed E-state index contributed by atoms with van der Waals surface area (Å²) in [5.41, 5.74) is 3.42. The van der Waals surface area contributed by atoms with Crippen LogP contribution in [0.4, 0.5) is 16.2 Å². The molecule has 0 aliphatic rings. The molecule has 0 unspecified atom stereocenters. The number of aromatic nitrogens is 1. The van der Waals surface area contributed by atoms with Gasteiger partial charge in [-0.2, -0.15) is 0 Å². The highest BCUT2D eigenvalue weighted by Crippen LogP contribution is 2.28. The topological polar surface area (TPSA) is 72.5 Å². The van der Waals surface area contributed by atoms with Gasteiger partial charge in [0, 0.05) is 58.9 Å². The van der Waals surface area contributed by atoms with Crippen LogP contribution in [-0.2, 0) is 10.5 Å². The molecule has 2 aromatic carbocycles. The fourth-order valence-electron chi connectivity index (χ4n) is 2.86. The molecule has 2 N–H and O–H groups in total. The quantitative estimate of drug-likeness (QED) is 0.264. The molecule has 32 heavy (non-hydrogen) atoms. The van der Waals surface area contributed by atoms with Gasteiger partial charge in [0.15, 0.2) is 0 Å². The summed E-state index contributed by atoms with van der Waals surface area (Å²) >= 11 is 7.54. The Bertz CT molecular complexity index is 1010. The zero-order valence-corrected chi connectivity index (χ0v) is 19.6. The van der Waals surface area contributed by atoms with E-state index in [1.807, 2.05) is 37.3 Å². The molecule has 8 heteroatoms. The SMILES string of the molecule is COCCCOc1ccnc(CSc2ccc(NC(=O)Nc3ccc(Cl)cc3)cc2)c1C. The van der Waals surface area contributed by atoms with Gasteiger partial charge < -0.3 is 20.1 Å². The summed E-state index contributed by atoms with van der Waals surface area (Å²) in [6, 6.07) is 16.2. The van der Waals surface area contributed by atoms with E-state index in [-0.39, 0.29) is 6.03 Å². The third-order valence-corrected chi connectivity index (χ3v) is 5.87. The van der Waals surface area contributed by atoms with Crippen molar-refractivity contribution < 1.29 is 14.3 Å². The van der Waals surface area contributed by atoms with E-state index in [1.165, 1.54) is 0 Å². The first-order valence-electron chi connectivity index (χ1n) is 10.2. The van der Waals surface area contributed by atoms with Crippen LogP contribution in [0.1, 0.15) is 17.7 Å². The van der Waals surface area contributed by atoms with Crippen molar-refractivity contribution in [1.82, 2.24) is 4.98 Å². The summed E-state index contributed by atoms with van der Waals surface area (Å²) in [7, 11) is 1.69. The summed E-state index contributed by atoms with van der Waals surface area (Å²) in [5.74, 6) is 1.59. The minimum Gasteiger partial charge on any atom is -0.493 e. The number of thioether (sulfide) groups is 1. The van der Waals surface area contributed by atoms with Crippen molar-refractivity contribution in [1.29, 1.82) is 0 Å². The van der Waals surface area contributed by atoms with Crippen LogP contribution in [0.15, 0.2) is 65.7 Å². The van der Waals surface area contributed by atoms with Crippen LogP contribution in [-0.4, -0.2) is 31.3 Å². The number of amides is 2. The van der Waals surface area contributed by atoms with Crippen LogP contribution < -0.4 is 15.4 Å². The third kappa shape index (κ3) is 7.44. The maximum Gasteiger partial charge on any atom is 0.323 e. The van der Waals surface area contributed by atoms with Crippen LogP contribution in [0.25, 0.3) is 0 Å². The average molecular weight is 472 g/mol. The molecule has 0 atom stereocenters. The minimum absolute atomic E-state index is 0.310. The van der Waals surface area contributed by atoms with E-state index in [0.29, 0.717) is 29.6 Å². The van der Waals surface area contributed by atoms with Crippen LogP contribution in [0.3, 0.4) is 0 Å². The van der Waals surface area contributed by atoms with Crippen molar-refractivity contribution in [2.75, 3.05) is 31.0 Å². The fourth-order valence-corrected chi connectivity index (χ4v) is 3.91. The monoisotopic (exact) mass is 471 g/mol. The Kier molecular flexibility index (Phi) is 9.22. The van der Waals surface area contributed by atoms with E-state index in [1.54, 1.807) is 49.3 Å². The number of hydrogen-bond acceptors (Lipinski definition) is 5. The molecule has 0 aliphatic heterocycles. The molecule has 6 nitrogen and oxygen atoms in total. The first kappa shape index (κ1) is 23.9. The lowest BCUT2D eigenvalue weighted by Crippen LogP contribution is -2.19. The number of halogens is 1. The molecule has 0 bridgehead atoms. The lowest BCUT2D eigenvalue weighted by atomic mass is 10.2. The number of pyridine rings is 1. The maximum atomic E-state index is 12.2. The zero-order valence-electron chi connectivity index (χ0n) is 18.1. The summed E-state index contributed by atoms with van der Waals surface area (Å²) in [4.78, 5) is 17.7. The van der Waals surface area contributed by atoms with Crippen LogP contribution in [0, 0.1) is 6.92 Å². The summed E-state index contributed by atoms with van der Waals surface area (Å²) in [6.07, 6.45) is 2.63. The van der Waals surface area contributed by atoms with Gasteiger partial charge in [0.2, 0.25) is 0 Å². The Morgan fingerprint density at radius 2 is 1.66 bits per heavy atom. The Morgan fingerprint density at radius 3 is 2.31 bits per heavy atom. The van der Waals surface area contributed by atoms with E-state index in [9.17, 15) is 4.79 Å². The summed E-state index contributed by atoms with van der Waals surface area (Å²) < 4.78 is 10.9. The van der Waals surface area contributed by atoms with Gasteiger partial charge >= 0.3 is 6.03 Å². The van der Waals surface area contributed by atoms with Crippen LogP contribution >= 0.6 is 23.4 Å². The van der Waals surface area contributed by atoms with Gasteiger partial charge in [-0.05, 0) is 61.5 Å². The molecule has 3 rings (SSSR count). The van der Waals surface area contributed by atoms with Gasteiger partial charge in [-0.3, -0.25) is 4.98 Å². The predicted octanol–water partition coefficient (Wildman–Crippen LogP) is 6.40. The number of ether oxygens (including phenoxy) is 2. The van der Waals surface area contributed by atoms with E-state index in [2.05, 4.69) is 15.6 Å². The first-order valence-corrected chi connectivity index (χ1v) is 11.5. The van der Waals surface area contributed by atoms with E-state index >= 15 is 0 Å². The van der Waals surface area contributed by atoms with Crippen molar-refractivity contribution in [2.45, 2.75) is 24.0 Å². The number of carbonyl (C=O) groups excluding carboxylic acids is 1. The largest absolute Gasteiger partial charge is 0.493 e. The fraction of sp³-hybridized carbons (Fsp3) is 0.250. The van der Waals surface area contributed by atoms with Gasteiger partial charge in [-0.15, -0.1) is 11.8 Å². The number of anilines is 2. The van der Waals surface area contributed by atoms with Gasteiger partial charge in [0.25, 0.3) is 0 Å². The second-order valence-electron chi connectivity index (χ2n) is 6.97. The number of nitrogens with one attached hydrogen (secondary N) is 2. The molecular formula is C24H26ClN3O3S. The smallest absolute Gasteiger partial charge is 0.323 e. The van der Waals surface area contributed by atoms with Gasteiger partial charge in [-0.25, -0.2) is 4.79 Å². The van der Waals surface area contributed by atoms with E-state index in [4.69, 9.17) is 21.1 Å². The number of carbonyl (C=O) groups is 1. The molecule has 2 amide bonds. The number of nitrogens with zero attached hydrogens (tertiary/aromatic N) is 1. The third-order valence-electron chi connectivity index (χ3n) is 4.60. The number of benzene rings is 2. The molecule has 0 radical (unpaired) electrons. The lowest BCUT2D eigenvalue weighted by molar-refractivity contribution is 0.172. The van der Waals surface area contributed by atoms with Crippen LogP contribution in [0.5, 0.6) is 5.75 Å². The Labute approximate surface area is 197 Å². The number of methoxy groups -OCH3 is 1. The molecule has 1 aromatic heterocycles. The Hall–Kier alpha value is -2.74. The number of rotatable bonds is 10. The average Bonchev–Trinajstić information content (AvgIpc) is 2.79. The number of hydrogen-bond donors (Lipinski definition) is 2. The zero-order chi connectivity index (χ0) is 22.8. The highest BCUT2D eigenvalue weighted by Gasteiger charge is 2.08. The highest BCUT2D eigenvalue weighted by molar-refractivity contribution is 7.98. The molecule has 0 aliphatic carbocycles. The standard InChI is InChI=1S/C24H26ClN3O3S/c1-17-22(26-13-12-23(17)31-15-3-14-30-2)16-32-21-10-8-20(9-11-21)28-24(29)27-19-6-4-18(25)5-7-19/h4-13H,3,14-16H2,1-2H3,(H2,27,28,29). The Morgan fingerprint density at radius 1 is 1.00 bits per heavy atom. The van der Waals surface area contributed by atoms with Gasteiger partial charge in [0.05, 0.1) is 12.3 Å². The second-order valence-corrected chi connectivity index (χ2v) is 8.46. The molecule has 3 aromatic rings. The molecule has 168 valence electrons. The number of urea groups is 1. The second kappa shape index (κ2) is 12.3. The van der Waals surface area contributed by atoms with Gasteiger partial charge in [-0.1, -0.05) is 11.6 Å². The van der Waals surface area contributed by atoms with E-state index < -0.39 is 0 Å². The van der Waals surface area contributed by atoms with Crippen LogP contribution in [0.2, 0.25) is 5.02 Å². The van der Waals surface area contributed by atoms with Crippen molar-refractivity contribution in [3.05, 3.63) is 77.1 Å². The molecule has 0 saturated carbocycles. The lowest BCUT2D eigenvalue weighted by Gasteiger charge is -2.12. The van der Waals surface area contributed by atoms with Crippen molar-refractivity contribution in [3.8, 4) is 5.75 Å². The predicted molar refractivity (Wildman–Crippen MR) is 131 cm³/mol. The van der Waals surface area contributed by atoms with Gasteiger partial charge in [0.1, 0.15) is 5.75 Å². The minimum atomic E-state index is -0.310. The van der Waals surface area contributed by atoms with Crippen molar-refractivity contribution >= 4 is 40.8 Å². The normalized spacial score (nSPS) is 10.6. The van der Waals surface area contributed by atoms with Crippen molar-refractivity contribution in [2.24, 2.45) is 0 Å². The molecular weight excluding hydrogens is 446 g/mol. The molecule has 0 fully saturated rings. The first-order chi connectivity index (χ1) is 15.5. The summed E-state index contributed by atoms with van der Waals surface area (Å²) in [6.45, 7) is 3.33.